The zero-order valence-electron chi connectivity index (χ0n) is 11.4. The van der Waals surface area contributed by atoms with Crippen molar-refractivity contribution in [2.75, 3.05) is 6.61 Å². The molecule has 2 aliphatic rings. The Morgan fingerprint density at radius 1 is 1.25 bits per heavy atom. The van der Waals surface area contributed by atoms with Crippen LogP contribution in [0.5, 0.6) is 0 Å². The molecule has 0 heterocycles. The molecule has 0 spiro atoms. The van der Waals surface area contributed by atoms with Gasteiger partial charge in [-0.25, -0.2) is 4.39 Å². The number of ether oxygens (including phenoxy) is 1. The number of carbonyl (C=O) groups excluding carboxylic acids is 1. The van der Waals surface area contributed by atoms with Gasteiger partial charge in [-0.15, -0.1) is 0 Å². The van der Waals surface area contributed by atoms with Crippen molar-refractivity contribution in [3.63, 3.8) is 0 Å². The maximum absolute atomic E-state index is 12.9. The number of hydrogen-bond donors (Lipinski definition) is 0. The lowest BCUT2D eigenvalue weighted by Crippen LogP contribution is -2.16. The Kier molecular flexibility index (Phi) is 3.86. The van der Waals surface area contributed by atoms with E-state index in [-0.39, 0.29) is 23.6 Å². The number of carbonyl (C=O) groups is 1. The van der Waals surface area contributed by atoms with E-state index in [4.69, 9.17) is 4.74 Å². The predicted octanol–water partition coefficient (Wildman–Crippen LogP) is 3.83. The van der Waals surface area contributed by atoms with Crippen molar-refractivity contribution < 1.29 is 13.9 Å². The second kappa shape index (κ2) is 5.78. The van der Waals surface area contributed by atoms with E-state index in [2.05, 4.69) is 12.2 Å². The van der Waals surface area contributed by atoms with Gasteiger partial charge in [-0.3, -0.25) is 4.79 Å². The van der Waals surface area contributed by atoms with Crippen LogP contribution in [0.3, 0.4) is 0 Å². The molecule has 0 bridgehead atoms. The van der Waals surface area contributed by atoms with Gasteiger partial charge in [0.25, 0.3) is 0 Å². The largest absolute Gasteiger partial charge is 0.465 e. The lowest BCUT2D eigenvalue weighted by Gasteiger charge is -2.17. The molecule has 2 nitrogen and oxygen atoms in total. The summed E-state index contributed by atoms with van der Waals surface area (Å²) in [5.74, 6) is 0.341. The summed E-state index contributed by atoms with van der Waals surface area (Å²) in [4.78, 5) is 12.0. The molecule has 2 aliphatic carbocycles. The molecular formula is C17H19FO2. The van der Waals surface area contributed by atoms with E-state index in [0.717, 1.165) is 31.2 Å². The number of allylic oxidation sites excluding steroid dienone is 2. The minimum Gasteiger partial charge on any atom is -0.465 e. The van der Waals surface area contributed by atoms with Gasteiger partial charge in [-0.1, -0.05) is 24.3 Å². The standard InChI is InChI=1S/C17H19FO2/c18-14-8-6-13(7-9-14)15-10-16(15)17(19)20-11-12-4-2-1-3-5-12/h1-2,6-9,12,15-16H,3-5,10-11H2. The lowest BCUT2D eigenvalue weighted by atomic mass is 9.95. The SMILES string of the molecule is O=C(OCC1CC=CCC1)C1CC1c1ccc(F)cc1. The average Bonchev–Trinajstić information content (AvgIpc) is 3.27. The Balaban J connectivity index is 1.47. The fourth-order valence-electron chi connectivity index (χ4n) is 2.85. The van der Waals surface area contributed by atoms with E-state index in [0.29, 0.717) is 12.5 Å². The lowest BCUT2D eigenvalue weighted by molar-refractivity contribution is -0.146. The van der Waals surface area contributed by atoms with Gasteiger partial charge in [0.15, 0.2) is 0 Å². The zero-order valence-corrected chi connectivity index (χ0v) is 11.4. The van der Waals surface area contributed by atoms with Crippen LogP contribution >= 0.6 is 0 Å². The fourth-order valence-corrected chi connectivity index (χ4v) is 2.85. The molecule has 3 heteroatoms. The normalized spacial score (nSPS) is 28.1. The fraction of sp³-hybridized carbons (Fsp3) is 0.471. The van der Waals surface area contributed by atoms with Crippen LogP contribution in [0.25, 0.3) is 0 Å². The van der Waals surface area contributed by atoms with Gasteiger partial charge in [0, 0.05) is 0 Å². The van der Waals surface area contributed by atoms with Crippen LogP contribution in [0, 0.1) is 17.7 Å². The third-order valence-electron chi connectivity index (χ3n) is 4.23. The third kappa shape index (κ3) is 3.09. The molecule has 1 aromatic carbocycles. The maximum Gasteiger partial charge on any atom is 0.309 e. The summed E-state index contributed by atoms with van der Waals surface area (Å²) in [6.07, 6.45) is 8.39. The van der Waals surface area contributed by atoms with E-state index >= 15 is 0 Å². The first-order valence-corrected chi connectivity index (χ1v) is 7.31. The van der Waals surface area contributed by atoms with E-state index in [1.54, 1.807) is 12.1 Å². The van der Waals surface area contributed by atoms with Crippen LogP contribution in [-0.2, 0) is 9.53 Å². The smallest absolute Gasteiger partial charge is 0.309 e. The molecule has 0 radical (unpaired) electrons. The van der Waals surface area contributed by atoms with Gasteiger partial charge in [0.1, 0.15) is 5.82 Å². The third-order valence-corrected chi connectivity index (χ3v) is 4.23. The quantitative estimate of drug-likeness (QED) is 0.616. The van der Waals surface area contributed by atoms with E-state index in [1.165, 1.54) is 12.1 Å². The van der Waals surface area contributed by atoms with Crippen LogP contribution in [0.4, 0.5) is 4.39 Å². The van der Waals surface area contributed by atoms with Gasteiger partial charge >= 0.3 is 5.97 Å². The summed E-state index contributed by atoms with van der Waals surface area (Å²) >= 11 is 0. The van der Waals surface area contributed by atoms with Gasteiger partial charge in [-0.2, -0.15) is 0 Å². The molecule has 1 aromatic rings. The Morgan fingerprint density at radius 3 is 2.75 bits per heavy atom. The highest BCUT2D eigenvalue weighted by Gasteiger charge is 2.45. The average molecular weight is 274 g/mol. The van der Waals surface area contributed by atoms with E-state index in [9.17, 15) is 9.18 Å². The molecule has 0 N–H and O–H groups in total. The van der Waals surface area contributed by atoms with Crippen molar-refractivity contribution in [2.45, 2.75) is 31.6 Å². The maximum atomic E-state index is 12.9. The summed E-state index contributed by atoms with van der Waals surface area (Å²) in [5.41, 5.74) is 1.04. The summed E-state index contributed by atoms with van der Waals surface area (Å²) in [7, 11) is 0. The van der Waals surface area contributed by atoms with Gasteiger partial charge in [-0.05, 0) is 55.2 Å². The second-order valence-corrected chi connectivity index (χ2v) is 5.78. The van der Waals surface area contributed by atoms with Crippen LogP contribution < -0.4 is 0 Å². The molecule has 3 atom stereocenters. The second-order valence-electron chi connectivity index (χ2n) is 5.78. The van der Waals surface area contributed by atoms with Gasteiger partial charge < -0.3 is 4.74 Å². The Hall–Kier alpha value is -1.64. The van der Waals surface area contributed by atoms with Crippen molar-refractivity contribution in [3.05, 3.63) is 47.8 Å². The first kappa shape index (κ1) is 13.3. The highest BCUT2D eigenvalue weighted by Crippen LogP contribution is 2.48. The Morgan fingerprint density at radius 2 is 2.05 bits per heavy atom. The minimum atomic E-state index is -0.237. The van der Waals surface area contributed by atoms with Crippen LogP contribution in [0.15, 0.2) is 36.4 Å². The first-order valence-electron chi connectivity index (χ1n) is 7.31. The molecule has 0 aromatic heterocycles. The van der Waals surface area contributed by atoms with Crippen LogP contribution in [0.1, 0.15) is 37.2 Å². The molecule has 3 rings (SSSR count). The summed E-state index contributed by atoms with van der Waals surface area (Å²) in [6, 6.07) is 6.42. The molecule has 1 fully saturated rings. The van der Waals surface area contributed by atoms with Crippen molar-refractivity contribution in [1.29, 1.82) is 0 Å². The molecule has 106 valence electrons. The Labute approximate surface area is 118 Å². The number of halogens is 1. The van der Waals surface area contributed by atoms with E-state index in [1.807, 2.05) is 0 Å². The van der Waals surface area contributed by atoms with Gasteiger partial charge in [0.05, 0.1) is 12.5 Å². The summed E-state index contributed by atoms with van der Waals surface area (Å²) < 4.78 is 18.3. The van der Waals surface area contributed by atoms with Crippen molar-refractivity contribution in [2.24, 2.45) is 11.8 Å². The first-order chi connectivity index (χ1) is 9.74. The number of esters is 1. The monoisotopic (exact) mass is 274 g/mol. The number of hydrogen-bond acceptors (Lipinski definition) is 2. The highest BCUT2D eigenvalue weighted by molar-refractivity contribution is 5.77. The topological polar surface area (TPSA) is 26.3 Å². The molecule has 0 saturated heterocycles. The number of rotatable bonds is 4. The van der Waals surface area contributed by atoms with Crippen molar-refractivity contribution >= 4 is 5.97 Å². The summed E-state index contributed by atoms with van der Waals surface area (Å²) in [6.45, 7) is 0.538. The summed E-state index contributed by atoms with van der Waals surface area (Å²) in [5, 5.41) is 0. The van der Waals surface area contributed by atoms with Crippen molar-refractivity contribution in [3.8, 4) is 0 Å². The van der Waals surface area contributed by atoms with Crippen molar-refractivity contribution in [1.82, 2.24) is 0 Å². The van der Waals surface area contributed by atoms with Crippen LogP contribution in [0.2, 0.25) is 0 Å². The highest BCUT2D eigenvalue weighted by atomic mass is 19.1. The number of benzene rings is 1. The molecule has 0 aliphatic heterocycles. The van der Waals surface area contributed by atoms with Gasteiger partial charge in [0.2, 0.25) is 0 Å². The van der Waals surface area contributed by atoms with Crippen LogP contribution in [-0.4, -0.2) is 12.6 Å². The zero-order chi connectivity index (χ0) is 13.9. The molecule has 0 amide bonds. The Bertz CT molecular complexity index is 506. The molecular weight excluding hydrogens is 255 g/mol. The minimum absolute atomic E-state index is 0.0282. The predicted molar refractivity (Wildman–Crippen MR) is 74.7 cm³/mol. The molecule has 20 heavy (non-hydrogen) atoms. The molecule has 3 unspecified atom stereocenters. The molecule has 1 saturated carbocycles. The van der Waals surface area contributed by atoms with E-state index < -0.39 is 0 Å².